The predicted molar refractivity (Wildman–Crippen MR) is 115 cm³/mol. The summed E-state index contributed by atoms with van der Waals surface area (Å²) in [5.41, 5.74) is 3.31. The number of ether oxygens (including phenoxy) is 2. The highest BCUT2D eigenvalue weighted by molar-refractivity contribution is 7.99. The van der Waals surface area contributed by atoms with E-state index in [0.29, 0.717) is 29.1 Å². The molecule has 6 nitrogen and oxygen atoms in total. The molecule has 0 amide bonds. The fourth-order valence-electron chi connectivity index (χ4n) is 2.92. The number of aromatic nitrogens is 3. The maximum absolute atomic E-state index is 6.27. The first-order valence-corrected chi connectivity index (χ1v) is 10.1. The van der Waals surface area contributed by atoms with E-state index in [9.17, 15) is 0 Å². The molecular formula is C22H20N4O2S. The number of anilines is 1. The van der Waals surface area contributed by atoms with Crippen molar-refractivity contribution in [2.45, 2.75) is 11.4 Å². The zero-order valence-corrected chi connectivity index (χ0v) is 16.6. The molecule has 1 unspecified atom stereocenters. The van der Waals surface area contributed by atoms with Gasteiger partial charge in [-0.2, -0.15) is 4.98 Å². The van der Waals surface area contributed by atoms with Crippen molar-refractivity contribution in [2.24, 2.45) is 0 Å². The fourth-order valence-corrected chi connectivity index (χ4v) is 3.43. The molecular weight excluding hydrogens is 384 g/mol. The second-order valence-electron chi connectivity index (χ2n) is 6.21. The first kappa shape index (κ1) is 19.0. The molecule has 0 radical (unpaired) electrons. The van der Waals surface area contributed by atoms with Crippen LogP contribution in [0.25, 0.3) is 11.3 Å². The Balaban J connectivity index is 1.73. The zero-order valence-electron chi connectivity index (χ0n) is 15.7. The number of para-hydroxylation sites is 1. The van der Waals surface area contributed by atoms with Gasteiger partial charge in [-0.25, -0.2) is 0 Å². The number of rotatable bonds is 7. The highest BCUT2D eigenvalue weighted by Crippen LogP contribution is 2.39. The lowest BCUT2D eigenvalue weighted by atomic mass is 10.1. The van der Waals surface area contributed by atoms with Crippen LogP contribution in [0.3, 0.4) is 0 Å². The molecule has 1 aliphatic rings. The molecule has 3 aromatic rings. The summed E-state index contributed by atoms with van der Waals surface area (Å²) in [6.45, 7) is 7.86. The van der Waals surface area contributed by atoms with Crippen LogP contribution in [-0.4, -0.2) is 27.5 Å². The summed E-state index contributed by atoms with van der Waals surface area (Å²) < 4.78 is 11.9. The molecule has 2 heterocycles. The van der Waals surface area contributed by atoms with E-state index >= 15 is 0 Å². The average molecular weight is 404 g/mol. The highest BCUT2D eigenvalue weighted by Gasteiger charge is 2.26. The lowest BCUT2D eigenvalue weighted by Crippen LogP contribution is -2.17. The summed E-state index contributed by atoms with van der Waals surface area (Å²) in [4.78, 5) is 4.59. The normalized spacial score (nSPS) is 14.4. The second kappa shape index (κ2) is 8.79. The van der Waals surface area contributed by atoms with Crippen LogP contribution in [0.2, 0.25) is 0 Å². The van der Waals surface area contributed by atoms with Gasteiger partial charge in [-0.3, -0.25) is 0 Å². The average Bonchev–Trinajstić information content (AvgIpc) is 2.93. The standard InChI is InChI=1S/C22H20N4O2S/c1-3-12-27-16-9-7-8-15(14-16)20-23-18-11-6-5-10-17(18)19-21(28-20)24-22(26-25-19)29-13-4-2/h3-11,14,20,23H,1-2,12-13H2. The molecule has 1 aliphatic heterocycles. The van der Waals surface area contributed by atoms with Crippen LogP contribution in [0.15, 0.2) is 79.0 Å². The van der Waals surface area contributed by atoms with Crippen molar-refractivity contribution in [2.75, 3.05) is 17.7 Å². The maximum atomic E-state index is 6.27. The van der Waals surface area contributed by atoms with Crippen molar-refractivity contribution in [1.82, 2.24) is 15.2 Å². The van der Waals surface area contributed by atoms with Gasteiger partial charge in [0.1, 0.15) is 12.4 Å². The van der Waals surface area contributed by atoms with Crippen LogP contribution in [0, 0.1) is 0 Å². The topological polar surface area (TPSA) is 69.2 Å². The van der Waals surface area contributed by atoms with Crippen LogP contribution in [0.5, 0.6) is 11.6 Å². The first-order valence-electron chi connectivity index (χ1n) is 9.13. The molecule has 7 heteroatoms. The number of nitrogens with zero attached hydrogens (tertiary/aromatic N) is 3. The smallest absolute Gasteiger partial charge is 0.247 e. The Hall–Kier alpha value is -3.32. The minimum absolute atomic E-state index is 0.437. The molecule has 146 valence electrons. The van der Waals surface area contributed by atoms with Gasteiger partial charge in [-0.1, -0.05) is 60.8 Å². The van der Waals surface area contributed by atoms with E-state index in [2.05, 4.69) is 33.7 Å². The van der Waals surface area contributed by atoms with Gasteiger partial charge in [-0.05, 0) is 18.2 Å². The van der Waals surface area contributed by atoms with Crippen LogP contribution in [0.4, 0.5) is 5.69 Å². The summed E-state index contributed by atoms with van der Waals surface area (Å²) in [7, 11) is 0. The van der Waals surface area contributed by atoms with Gasteiger partial charge in [0.15, 0.2) is 11.9 Å². The van der Waals surface area contributed by atoms with Crippen molar-refractivity contribution in [3.05, 3.63) is 79.4 Å². The van der Waals surface area contributed by atoms with Gasteiger partial charge in [0.05, 0.1) is 0 Å². The minimum Gasteiger partial charge on any atom is -0.490 e. The van der Waals surface area contributed by atoms with Crippen molar-refractivity contribution in [1.29, 1.82) is 0 Å². The van der Waals surface area contributed by atoms with E-state index in [4.69, 9.17) is 9.47 Å². The summed E-state index contributed by atoms with van der Waals surface area (Å²) in [6.07, 6.45) is 3.05. The predicted octanol–water partition coefficient (Wildman–Crippen LogP) is 4.88. The maximum Gasteiger partial charge on any atom is 0.247 e. The monoisotopic (exact) mass is 404 g/mol. The number of fused-ring (bicyclic) bond motifs is 3. The largest absolute Gasteiger partial charge is 0.490 e. The molecule has 1 aromatic heterocycles. The molecule has 0 bridgehead atoms. The Morgan fingerprint density at radius 2 is 2.00 bits per heavy atom. The number of nitrogens with one attached hydrogen (secondary N) is 1. The zero-order chi connectivity index (χ0) is 20.1. The lowest BCUT2D eigenvalue weighted by Gasteiger charge is -2.20. The molecule has 0 fully saturated rings. The van der Waals surface area contributed by atoms with Crippen molar-refractivity contribution < 1.29 is 9.47 Å². The third-order valence-electron chi connectivity index (χ3n) is 4.19. The van der Waals surface area contributed by atoms with E-state index in [1.54, 1.807) is 12.2 Å². The van der Waals surface area contributed by atoms with Gasteiger partial charge in [-0.15, -0.1) is 16.8 Å². The van der Waals surface area contributed by atoms with Crippen LogP contribution >= 0.6 is 11.8 Å². The van der Waals surface area contributed by atoms with Crippen molar-refractivity contribution in [3.63, 3.8) is 0 Å². The van der Waals surface area contributed by atoms with Gasteiger partial charge < -0.3 is 14.8 Å². The number of thioether (sulfide) groups is 1. The summed E-state index contributed by atoms with van der Waals surface area (Å²) in [5.74, 6) is 1.88. The quantitative estimate of drug-likeness (QED) is 0.444. The summed E-state index contributed by atoms with van der Waals surface area (Å²) >= 11 is 1.46. The van der Waals surface area contributed by atoms with E-state index < -0.39 is 6.23 Å². The Labute approximate surface area is 173 Å². The van der Waals surface area contributed by atoms with Crippen LogP contribution in [-0.2, 0) is 0 Å². The molecule has 2 aromatic carbocycles. The fraction of sp³-hybridized carbons (Fsp3) is 0.136. The van der Waals surface area contributed by atoms with E-state index in [1.807, 2.05) is 48.5 Å². The molecule has 0 aliphatic carbocycles. The SMILES string of the molecule is C=CCOc1cccc(C2Nc3ccccc3-c3nnc(SCC=C)nc3O2)c1. The molecule has 0 saturated heterocycles. The van der Waals surface area contributed by atoms with E-state index in [1.165, 1.54) is 11.8 Å². The Morgan fingerprint density at radius 1 is 1.10 bits per heavy atom. The van der Waals surface area contributed by atoms with Gasteiger partial charge in [0, 0.05) is 22.6 Å². The number of benzene rings is 2. The van der Waals surface area contributed by atoms with Crippen LogP contribution < -0.4 is 14.8 Å². The highest BCUT2D eigenvalue weighted by atomic mass is 32.2. The third-order valence-corrected chi connectivity index (χ3v) is 5.03. The Bertz CT molecular complexity index is 1040. The number of hydrogen-bond donors (Lipinski definition) is 1. The molecule has 29 heavy (non-hydrogen) atoms. The Kier molecular flexibility index (Phi) is 5.76. The van der Waals surface area contributed by atoms with Crippen LogP contribution in [0.1, 0.15) is 11.8 Å². The molecule has 4 rings (SSSR count). The summed E-state index contributed by atoms with van der Waals surface area (Å²) in [6, 6.07) is 15.6. The second-order valence-corrected chi connectivity index (χ2v) is 7.19. The minimum atomic E-state index is -0.460. The molecule has 0 saturated carbocycles. The van der Waals surface area contributed by atoms with Crippen molar-refractivity contribution in [3.8, 4) is 22.9 Å². The third kappa shape index (κ3) is 4.25. The van der Waals surface area contributed by atoms with Crippen molar-refractivity contribution >= 4 is 17.4 Å². The first-order chi connectivity index (χ1) is 14.3. The van der Waals surface area contributed by atoms with E-state index in [-0.39, 0.29) is 0 Å². The van der Waals surface area contributed by atoms with Gasteiger partial charge in [0.25, 0.3) is 0 Å². The number of hydrogen-bond acceptors (Lipinski definition) is 7. The van der Waals surface area contributed by atoms with Gasteiger partial charge >= 0.3 is 0 Å². The Morgan fingerprint density at radius 3 is 2.86 bits per heavy atom. The van der Waals surface area contributed by atoms with E-state index in [0.717, 1.165) is 22.6 Å². The molecule has 1 N–H and O–H groups in total. The summed E-state index contributed by atoms with van der Waals surface area (Å²) in [5, 5.41) is 12.6. The molecule has 1 atom stereocenters. The molecule has 0 spiro atoms. The lowest BCUT2D eigenvalue weighted by molar-refractivity contribution is 0.224. The van der Waals surface area contributed by atoms with Gasteiger partial charge in [0.2, 0.25) is 11.0 Å².